The first-order valence-electron chi connectivity index (χ1n) is 7.81. The van der Waals surface area contributed by atoms with E-state index in [4.69, 9.17) is 0 Å². The van der Waals surface area contributed by atoms with Gasteiger partial charge in [0.15, 0.2) is 0 Å². The molecule has 1 aliphatic heterocycles. The molecular weight excluding hydrogens is 254 g/mol. The molecule has 0 saturated carbocycles. The summed E-state index contributed by atoms with van der Waals surface area (Å²) in [5, 5.41) is 12.4. The molecule has 118 valence electrons. The minimum Gasteiger partial charge on any atom is -0.392 e. The van der Waals surface area contributed by atoms with Crippen molar-refractivity contribution >= 4 is 6.03 Å². The lowest BCUT2D eigenvalue weighted by atomic mass is 9.94. The number of carbonyl (C=O) groups is 1. The van der Waals surface area contributed by atoms with Gasteiger partial charge < -0.3 is 20.2 Å². The van der Waals surface area contributed by atoms with Gasteiger partial charge in [0.25, 0.3) is 0 Å². The van der Waals surface area contributed by atoms with Crippen LogP contribution in [-0.4, -0.2) is 66.3 Å². The molecule has 2 N–H and O–H groups in total. The fourth-order valence-corrected chi connectivity index (χ4v) is 2.65. The number of urea groups is 1. The second-order valence-electron chi connectivity index (χ2n) is 6.36. The molecule has 5 nitrogen and oxygen atoms in total. The minimum atomic E-state index is -0.489. The summed E-state index contributed by atoms with van der Waals surface area (Å²) in [6, 6.07) is 0.0433. The lowest BCUT2D eigenvalue weighted by molar-refractivity contribution is 0.118. The van der Waals surface area contributed by atoms with Gasteiger partial charge in [-0.1, -0.05) is 0 Å². The summed E-state index contributed by atoms with van der Waals surface area (Å²) < 4.78 is 0. The summed E-state index contributed by atoms with van der Waals surface area (Å²) in [7, 11) is 2.16. The van der Waals surface area contributed by atoms with Gasteiger partial charge in [0, 0.05) is 19.1 Å². The highest BCUT2D eigenvalue weighted by atomic mass is 16.3. The first-order chi connectivity index (χ1) is 9.40. The first-order valence-corrected chi connectivity index (χ1v) is 7.81. The van der Waals surface area contributed by atoms with E-state index in [0.29, 0.717) is 6.54 Å². The highest BCUT2D eigenvalue weighted by molar-refractivity contribution is 5.74. The van der Waals surface area contributed by atoms with Gasteiger partial charge in [-0.25, -0.2) is 4.79 Å². The molecule has 0 spiro atoms. The molecule has 1 atom stereocenters. The van der Waals surface area contributed by atoms with E-state index in [0.717, 1.165) is 18.9 Å². The smallest absolute Gasteiger partial charge is 0.317 e. The Morgan fingerprint density at radius 3 is 2.45 bits per heavy atom. The molecule has 0 aromatic heterocycles. The van der Waals surface area contributed by atoms with E-state index in [1.807, 2.05) is 13.8 Å². The van der Waals surface area contributed by atoms with Crippen LogP contribution in [0.15, 0.2) is 0 Å². The number of hydrogen-bond acceptors (Lipinski definition) is 3. The minimum absolute atomic E-state index is 0.0613. The average Bonchev–Trinajstić information content (AvgIpc) is 2.37. The number of rotatable bonds is 6. The highest BCUT2D eigenvalue weighted by Crippen LogP contribution is 2.18. The van der Waals surface area contributed by atoms with Gasteiger partial charge in [-0.15, -0.1) is 0 Å². The number of likely N-dealkylation sites (tertiary alicyclic amines) is 1. The van der Waals surface area contributed by atoms with Gasteiger partial charge in [-0.2, -0.15) is 0 Å². The Morgan fingerprint density at radius 2 is 1.95 bits per heavy atom. The average molecular weight is 285 g/mol. The molecule has 1 fully saturated rings. The molecule has 0 bridgehead atoms. The summed E-state index contributed by atoms with van der Waals surface area (Å²) in [5.74, 6) is 0.732. The van der Waals surface area contributed by atoms with Gasteiger partial charge in [0.1, 0.15) is 0 Å². The number of nitrogens with one attached hydrogen (secondary N) is 1. The van der Waals surface area contributed by atoms with E-state index in [9.17, 15) is 9.90 Å². The molecule has 0 aromatic rings. The Morgan fingerprint density at radius 1 is 1.35 bits per heavy atom. The molecule has 1 rings (SSSR count). The number of nitrogens with zero attached hydrogens (tertiary/aromatic N) is 2. The zero-order valence-electron chi connectivity index (χ0n) is 13.4. The number of aliphatic hydroxyl groups is 1. The van der Waals surface area contributed by atoms with E-state index in [2.05, 4.69) is 17.3 Å². The van der Waals surface area contributed by atoms with E-state index < -0.39 is 6.10 Å². The Bertz CT molecular complexity index is 287. The standard InChI is InChI=1S/C15H31N3O2/c1-12(2)18(11-13(3)19)15(20)16-8-5-14-6-9-17(4)10-7-14/h12-14,19H,5-11H2,1-4H3,(H,16,20). The molecule has 20 heavy (non-hydrogen) atoms. The van der Waals surface area contributed by atoms with Crippen molar-refractivity contribution < 1.29 is 9.90 Å². The van der Waals surface area contributed by atoms with Crippen molar-refractivity contribution in [3.05, 3.63) is 0 Å². The number of piperidine rings is 1. The van der Waals surface area contributed by atoms with Crippen LogP contribution in [0.2, 0.25) is 0 Å². The second kappa shape index (κ2) is 8.47. The SMILES string of the molecule is CC(O)CN(C(=O)NCCC1CCN(C)CC1)C(C)C. The van der Waals surface area contributed by atoms with Crippen LogP contribution in [0.3, 0.4) is 0 Å². The Balaban J connectivity index is 2.27. The molecule has 1 aliphatic rings. The molecule has 0 aromatic carbocycles. The third kappa shape index (κ3) is 6.09. The van der Waals surface area contributed by atoms with E-state index >= 15 is 0 Å². The molecule has 5 heteroatoms. The maximum absolute atomic E-state index is 12.1. The number of hydrogen-bond donors (Lipinski definition) is 2. The summed E-state index contributed by atoms with van der Waals surface area (Å²) >= 11 is 0. The van der Waals surface area contributed by atoms with Crippen molar-refractivity contribution in [1.29, 1.82) is 0 Å². The molecule has 1 unspecified atom stereocenters. The van der Waals surface area contributed by atoms with Gasteiger partial charge >= 0.3 is 6.03 Å². The van der Waals surface area contributed by atoms with Crippen LogP contribution >= 0.6 is 0 Å². The van der Waals surface area contributed by atoms with Crippen LogP contribution in [0.5, 0.6) is 0 Å². The molecule has 1 heterocycles. The molecular formula is C15H31N3O2. The molecule has 0 aliphatic carbocycles. The van der Waals surface area contributed by atoms with Crippen molar-refractivity contribution in [3.8, 4) is 0 Å². The van der Waals surface area contributed by atoms with Crippen LogP contribution in [0.1, 0.15) is 40.0 Å². The summed E-state index contributed by atoms with van der Waals surface area (Å²) in [6.07, 6.45) is 3.03. The highest BCUT2D eigenvalue weighted by Gasteiger charge is 2.20. The van der Waals surface area contributed by atoms with Gasteiger partial charge in [0.2, 0.25) is 0 Å². The summed E-state index contributed by atoms with van der Waals surface area (Å²) in [6.45, 7) is 9.10. The van der Waals surface area contributed by atoms with Crippen LogP contribution in [0.25, 0.3) is 0 Å². The van der Waals surface area contributed by atoms with E-state index in [-0.39, 0.29) is 12.1 Å². The lowest BCUT2D eigenvalue weighted by Gasteiger charge is -2.30. The third-order valence-corrected chi connectivity index (χ3v) is 4.01. The fraction of sp³-hybridized carbons (Fsp3) is 0.933. The molecule has 2 amide bonds. The fourth-order valence-electron chi connectivity index (χ4n) is 2.65. The zero-order valence-corrected chi connectivity index (χ0v) is 13.4. The molecule has 0 radical (unpaired) electrons. The monoisotopic (exact) mass is 285 g/mol. The Kier molecular flexibility index (Phi) is 7.30. The van der Waals surface area contributed by atoms with Crippen LogP contribution in [0, 0.1) is 5.92 Å². The number of carbonyl (C=O) groups excluding carboxylic acids is 1. The van der Waals surface area contributed by atoms with E-state index in [1.54, 1.807) is 11.8 Å². The Hall–Kier alpha value is -0.810. The van der Waals surface area contributed by atoms with Crippen LogP contribution in [0.4, 0.5) is 4.79 Å². The maximum atomic E-state index is 12.1. The lowest BCUT2D eigenvalue weighted by Crippen LogP contribution is -2.47. The predicted octanol–water partition coefficient (Wildman–Crippen LogP) is 1.52. The van der Waals surface area contributed by atoms with Gasteiger partial charge in [-0.05, 0) is 66.1 Å². The predicted molar refractivity (Wildman–Crippen MR) is 81.8 cm³/mol. The third-order valence-electron chi connectivity index (χ3n) is 4.01. The van der Waals surface area contributed by atoms with Gasteiger partial charge in [-0.3, -0.25) is 0 Å². The first kappa shape index (κ1) is 17.2. The molecule has 1 saturated heterocycles. The normalized spacial score (nSPS) is 19.1. The largest absolute Gasteiger partial charge is 0.392 e. The number of amides is 2. The van der Waals surface area contributed by atoms with E-state index in [1.165, 1.54) is 25.9 Å². The maximum Gasteiger partial charge on any atom is 0.317 e. The quantitative estimate of drug-likeness (QED) is 0.778. The topological polar surface area (TPSA) is 55.8 Å². The van der Waals surface area contributed by atoms with Crippen molar-refractivity contribution in [3.63, 3.8) is 0 Å². The van der Waals surface area contributed by atoms with Gasteiger partial charge in [0.05, 0.1) is 6.10 Å². The van der Waals surface area contributed by atoms with Crippen LogP contribution < -0.4 is 5.32 Å². The Labute approximate surface area is 123 Å². The van der Waals surface area contributed by atoms with Crippen LogP contribution in [-0.2, 0) is 0 Å². The van der Waals surface area contributed by atoms with Crippen molar-refractivity contribution in [2.75, 3.05) is 33.2 Å². The number of aliphatic hydroxyl groups excluding tert-OH is 1. The zero-order chi connectivity index (χ0) is 15.1. The summed E-state index contributed by atoms with van der Waals surface area (Å²) in [5.41, 5.74) is 0. The van der Waals surface area contributed by atoms with Crippen molar-refractivity contribution in [2.45, 2.75) is 52.2 Å². The summed E-state index contributed by atoms with van der Waals surface area (Å²) in [4.78, 5) is 16.2. The second-order valence-corrected chi connectivity index (χ2v) is 6.36. The van der Waals surface area contributed by atoms with Crippen molar-refractivity contribution in [2.24, 2.45) is 5.92 Å². The van der Waals surface area contributed by atoms with Crippen molar-refractivity contribution in [1.82, 2.24) is 15.1 Å².